The van der Waals surface area contributed by atoms with E-state index in [4.69, 9.17) is 9.47 Å². The van der Waals surface area contributed by atoms with Crippen LogP contribution >= 0.6 is 0 Å². The van der Waals surface area contributed by atoms with Crippen LogP contribution in [0.25, 0.3) is 11.4 Å². The average molecular weight is 400 g/mol. The van der Waals surface area contributed by atoms with Gasteiger partial charge < -0.3 is 14.8 Å². The molecule has 2 aliphatic carbocycles. The first kappa shape index (κ1) is 19.0. The summed E-state index contributed by atoms with van der Waals surface area (Å²) in [6.45, 7) is 1.93. The zero-order chi connectivity index (χ0) is 20.6. The van der Waals surface area contributed by atoms with E-state index < -0.39 is 16.4 Å². The molecule has 0 aromatic carbocycles. The first-order valence-electron chi connectivity index (χ1n) is 9.35. The second-order valence-corrected chi connectivity index (χ2v) is 7.03. The minimum Gasteiger partial charge on any atom is -0.480 e. The molecule has 2 heterocycles. The number of nitrogens with one attached hydrogen (secondary N) is 1. The highest BCUT2D eigenvalue weighted by atomic mass is 16.6. The van der Waals surface area contributed by atoms with Gasteiger partial charge in [0.1, 0.15) is 23.6 Å². The quantitative estimate of drug-likeness (QED) is 0.398. The molecule has 0 aliphatic heterocycles. The standard InChI is InChI=1S/C18H20N6O5/c1-3-29-17(25)18(6-7-18)23-14-11(24(26)27)8-19-15(22-14)12-13(10-4-5-10)20-9-21-16(12)28-2/h8-10H,3-7H2,1-2H3,(H,19,22,23). The van der Waals surface area contributed by atoms with Crippen LogP contribution in [0.4, 0.5) is 11.5 Å². The SMILES string of the molecule is CCOC(=O)C1(Nc2nc(-c3c(OC)ncnc3C3CC3)ncc2[N+](=O)[O-])CC1. The third kappa shape index (κ3) is 3.55. The summed E-state index contributed by atoms with van der Waals surface area (Å²) < 4.78 is 10.5. The van der Waals surface area contributed by atoms with Crippen molar-refractivity contribution in [3.8, 4) is 17.3 Å². The number of hydrogen-bond acceptors (Lipinski definition) is 10. The van der Waals surface area contributed by atoms with Gasteiger partial charge in [0, 0.05) is 5.92 Å². The first-order valence-corrected chi connectivity index (χ1v) is 9.35. The number of esters is 1. The van der Waals surface area contributed by atoms with E-state index in [9.17, 15) is 14.9 Å². The molecule has 0 amide bonds. The van der Waals surface area contributed by atoms with E-state index in [2.05, 4.69) is 25.3 Å². The fraction of sp³-hybridized carbons (Fsp3) is 0.500. The second kappa shape index (κ2) is 7.22. The molecule has 0 radical (unpaired) electrons. The normalized spacial score (nSPS) is 16.8. The average Bonchev–Trinajstić information content (AvgIpc) is 3.62. The van der Waals surface area contributed by atoms with Crippen LogP contribution in [0.15, 0.2) is 12.5 Å². The Hall–Kier alpha value is -3.37. The molecule has 29 heavy (non-hydrogen) atoms. The molecule has 2 fully saturated rings. The van der Waals surface area contributed by atoms with Gasteiger partial charge in [-0.3, -0.25) is 10.1 Å². The van der Waals surface area contributed by atoms with Gasteiger partial charge in [0.2, 0.25) is 11.7 Å². The van der Waals surface area contributed by atoms with Gasteiger partial charge in [-0.05, 0) is 32.6 Å². The molecule has 11 heteroatoms. The maximum absolute atomic E-state index is 12.3. The zero-order valence-electron chi connectivity index (χ0n) is 16.0. The van der Waals surface area contributed by atoms with Gasteiger partial charge in [-0.1, -0.05) is 0 Å². The number of nitrogens with zero attached hydrogens (tertiary/aromatic N) is 5. The molecule has 0 spiro atoms. The van der Waals surface area contributed by atoms with E-state index in [1.807, 2.05) is 0 Å². The number of rotatable bonds is 8. The van der Waals surface area contributed by atoms with E-state index in [1.54, 1.807) is 6.92 Å². The number of methoxy groups -OCH3 is 1. The lowest BCUT2D eigenvalue weighted by Crippen LogP contribution is -2.34. The molecule has 2 aliphatic rings. The summed E-state index contributed by atoms with van der Waals surface area (Å²) in [6.07, 6.45) is 5.52. The highest BCUT2D eigenvalue weighted by molar-refractivity contribution is 5.88. The zero-order valence-corrected chi connectivity index (χ0v) is 16.0. The summed E-state index contributed by atoms with van der Waals surface area (Å²) in [5.41, 5.74) is -0.0593. The predicted molar refractivity (Wildman–Crippen MR) is 100 cm³/mol. The van der Waals surface area contributed by atoms with Gasteiger partial charge in [0.15, 0.2) is 5.82 Å². The van der Waals surface area contributed by atoms with Crippen molar-refractivity contribution in [3.63, 3.8) is 0 Å². The predicted octanol–water partition coefficient (Wildman–Crippen LogP) is 2.24. The summed E-state index contributed by atoms with van der Waals surface area (Å²) in [4.78, 5) is 40.2. The molecular formula is C18H20N6O5. The van der Waals surface area contributed by atoms with Crippen LogP contribution < -0.4 is 10.1 Å². The molecule has 11 nitrogen and oxygen atoms in total. The fourth-order valence-electron chi connectivity index (χ4n) is 3.14. The molecule has 0 atom stereocenters. The van der Waals surface area contributed by atoms with Crippen molar-refractivity contribution in [2.75, 3.05) is 19.0 Å². The van der Waals surface area contributed by atoms with E-state index >= 15 is 0 Å². The van der Waals surface area contributed by atoms with Crippen molar-refractivity contribution in [1.82, 2.24) is 19.9 Å². The molecule has 152 valence electrons. The Labute approximate surface area is 166 Å². The number of hydrogen-bond donors (Lipinski definition) is 1. The number of anilines is 1. The van der Waals surface area contributed by atoms with Crippen LogP contribution in [0.1, 0.15) is 44.2 Å². The molecule has 2 aromatic rings. The summed E-state index contributed by atoms with van der Waals surface area (Å²) in [5.74, 6) is 0.267. The van der Waals surface area contributed by atoms with Crippen molar-refractivity contribution in [3.05, 3.63) is 28.3 Å². The Bertz CT molecular complexity index is 973. The van der Waals surface area contributed by atoms with Crippen LogP contribution in [0.2, 0.25) is 0 Å². The summed E-state index contributed by atoms with van der Waals surface area (Å²) in [5, 5.41) is 14.4. The summed E-state index contributed by atoms with van der Waals surface area (Å²) in [7, 11) is 1.48. The number of aromatic nitrogens is 4. The molecular weight excluding hydrogens is 380 g/mol. The van der Waals surface area contributed by atoms with Crippen LogP contribution in [0, 0.1) is 10.1 Å². The van der Waals surface area contributed by atoms with E-state index in [0.29, 0.717) is 24.3 Å². The van der Waals surface area contributed by atoms with Crippen LogP contribution in [-0.4, -0.2) is 50.1 Å². The van der Waals surface area contributed by atoms with Gasteiger partial charge in [0.25, 0.3) is 0 Å². The first-order chi connectivity index (χ1) is 14.0. The fourth-order valence-corrected chi connectivity index (χ4v) is 3.14. The number of ether oxygens (including phenoxy) is 2. The highest BCUT2D eigenvalue weighted by Crippen LogP contribution is 2.46. The Kier molecular flexibility index (Phi) is 4.73. The molecule has 1 N–H and O–H groups in total. The third-order valence-electron chi connectivity index (χ3n) is 4.96. The number of nitro groups is 1. The van der Waals surface area contributed by atoms with Gasteiger partial charge >= 0.3 is 11.7 Å². The molecule has 4 rings (SSSR count). The minimum atomic E-state index is -0.997. The third-order valence-corrected chi connectivity index (χ3v) is 4.96. The van der Waals surface area contributed by atoms with E-state index in [0.717, 1.165) is 24.7 Å². The smallest absolute Gasteiger partial charge is 0.331 e. The lowest BCUT2D eigenvalue weighted by Gasteiger charge is -2.17. The Morgan fingerprint density at radius 2 is 2.10 bits per heavy atom. The highest BCUT2D eigenvalue weighted by Gasteiger charge is 2.53. The van der Waals surface area contributed by atoms with Crippen LogP contribution in [0.5, 0.6) is 5.88 Å². The van der Waals surface area contributed by atoms with Gasteiger partial charge in [-0.15, -0.1) is 0 Å². The molecule has 2 saturated carbocycles. The van der Waals surface area contributed by atoms with Crippen molar-refractivity contribution in [1.29, 1.82) is 0 Å². The minimum absolute atomic E-state index is 0.0433. The van der Waals surface area contributed by atoms with Crippen LogP contribution in [-0.2, 0) is 9.53 Å². The molecule has 0 bridgehead atoms. The molecule has 0 unspecified atom stereocenters. The second-order valence-electron chi connectivity index (χ2n) is 7.03. The lowest BCUT2D eigenvalue weighted by atomic mass is 10.1. The van der Waals surface area contributed by atoms with Crippen molar-refractivity contribution < 1.29 is 19.2 Å². The monoisotopic (exact) mass is 400 g/mol. The number of carbonyl (C=O) groups is 1. The lowest BCUT2D eigenvalue weighted by molar-refractivity contribution is -0.384. The van der Waals surface area contributed by atoms with E-state index in [-0.39, 0.29) is 29.9 Å². The topological polar surface area (TPSA) is 142 Å². The van der Waals surface area contributed by atoms with Crippen LogP contribution in [0.3, 0.4) is 0 Å². The van der Waals surface area contributed by atoms with Crippen molar-refractivity contribution in [2.45, 2.75) is 44.1 Å². The number of carbonyl (C=O) groups excluding carboxylic acids is 1. The van der Waals surface area contributed by atoms with Gasteiger partial charge in [-0.2, -0.15) is 0 Å². The Morgan fingerprint density at radius 3 is 2.69 bits per heavy atom. The Balaban J connectivity index is 1.77. The maximum atomic E-state index is 12.3. The molecule has 2 aromatic heterocycles. The molecule has 0 saturated heterocycles. The van der Waals surface area contributed by atoms with E-state index in [1.165, 1.54) is 13.4 Å². The van der Waals surface area contributed by atoms with Crippen molar-refractivity contribution in [2.24, 2.45) is 0 Å². The largest absolute Gasteiger partial charge is 0.480 e. The summed E-state index contributed by atoms with van der Waals surface area (Å²) in [6, 6.07) is 0. The Morgan fingerprint density at radius 1 is 1.34 bits per heavy atom. The van der Waals surface area contributed by atoms with Gasteiger partial charge in [-0.25, -0.2) is 24.7 Å². The maximum Gasteiger partial charge on any atom is 0.331 e. The summed E-state index contributed by atoms with van der Waals surface area (Å²) >= 11 is 0. The van der Waals surface area contributed by atoms with Gasteiger partial charge in [0.05, 0.1) is 24.3 Å². The van der Waals surface area contributed by atoms with Crippen molar-refractivity contribution >= 4 is 17.5 Å².